The Morgan fingerprint density at radius 2 is 1.71 bits per heavy atom. The number of unbranched alkanes of at least 4 members (excludes halogenated alkanes) is 3. The van der Waals surface area contributed by atoms with Crippen LogP contribution in [0.1, 0.15) is 58.2 Å². The number of hydrogen-bond acceptors (Lipinski definition) is 4. The molecule has 24 heavy (non-hydrogen) atoms. The number of hydrogen-bond donors (Lipinski definition) is 2. The maximum atomic E-state index is 11.4. The van der Waals surface area contributed by atoms with E-state index in [-0.39, 0.29) is 11.8 Å². The van der Waals surface area contributed by atoms with Crippen LogP contribution < -0.4 is 20.1 Å². The maximum Gasteiger partial charge on any atom is 0.218 e. The molecule has 2 amide bonds. The molecule has 0 saturated carbocycles. The first-order valence-electron chi connectivity index (χ1n) is 8.32. The van der Waals surface area contributed by atoms with Gasteiger partial charge in [-0.15, -0.1) is 0 Å². The minimum atomic E-state index is -0.603. The molecule has 0 heterocycles. The molecule has 0 aliphatic heterocycles. The van der Waals surface area contributed by atoms with Gasteiger partial charge in [0.1, 0.15) is 6.17 Å². The van der Waals surface area contributed by atoms with E-state index in [1.54, 1.807) is 25.3 Å². The number of ether oxygens (including phenoxy) is 2. The highest BCUT2D eigenvalue weighted by molar-refractivity contribution is 5.76. The van der Waals surface area contributed by atoms with Crippen molar-refractivity contribution in [1.29, 1.82) is 0 Å². The Bertz CT molecular complexity index is 530. The van der Waals surface area contributed by atoms with Crippen molar-refractivity contribution < 1.29 is 19.1 Å². The first-order chi connectivity index (χ1) is 11.5. The van der Waals surface area contributed by atoms with E-state index >= 15 is 0 Å². The Labute approximate surface area is 143 Å². The molecule has 0 fully saturated rings. The first-order valence-corrected chi connectivity index (χ1v) is 8.32. The molecule has 1 aromatic rings. The summed E-state index contributed by atoms with van der Waals surface area (Å²) < 4.78 is 11.1. The molecule has 0 unspecified atom stereocenters. The van der Waals surface area contributed by atoms with Crippen LogP contribution in [0.25, 0.3) is 0 Å². The van der Waals surface area contributed by atoms with Gasteiger partial charge in [-0.3, -0.25) is 9.59 Å². The number of carbonyl (C=O) groups excluding carboxylic acids is 2. The van der Waals surface area contributed by atoms with Crippen molar-refractivity contribution in [3.05, 3.63) is 23.8 Å². The molecule has 0 bridgehead atoms. The lowest BCUT2D eigenvalue weighted by Crippen LogP contribution is -2.39. The van der Waals surface area contributed by atoms with E-state index in [0.29, 0.717) is 18.1 Å². The van der Waals surface area contributed by atoms with Crippen molar-refractivity contribution >= 4 is 11.8 Å². The van der Waals surface area contributed by atoms with Gasteiger partial charge in [-0.2, -0.15) is 0 Å². The minimum Gasteiger partial charge on any atom is -0.493 e. The molecule has 0 aliphatic carbocycles. The summed E-state index contributed by atoms with van der Waals surface area (Å²) in [7, 11) is 1.58. The van der Waals surface area contributed by atoms with Crippen molar-refractivity contribution in [1.82, 2.24) is 10.6 Å². The van der Waals surface area contributed by atoms with Crippen LogP contribution >= 0.6 is 0 Å². The normalized spacial score (nSPS) is 10.4. The van der Waals surface area contributed by atoms with Gasteiger partial charge in [0, 0.05) is 13.8 Å². The van der Waals surface area contributed by atoms with Crippen LogP contribution in [0.4, 0.5) is 0 Å². The van der Waals surface area contributed by atoms with Crippen molar-refractivity contribution in [3.63, 3.8) is 0 Å². The molecule has 0 aromatic heterocycles. The predicted octanol–water partition coefficient (Wildman–Crippen LogP) is 2.93. The quantitative estimate of drug-likeness (QED) is 0.509. The largest absolute Gasteiger partial charge is 0.493 e. The summed E-state index contributed by atoms with van der Waals surface area (Å²) in [5.41, 5.74) is 0.727. The van der Waals surface area contributed by atoms with Crippen LogP contribution in [0.15, 0.2) is 18.2 Å². The van der Waals surface area contributed by atoms with E-state index in [1.165, 1.54) is 26.7 Å². The summed E-state index contributed by atoms with van der Waals surface area (Å²) in [5.74, 6) is 0.768. The lowest BCUT2D eigenvalue weighted by molar-refractivity contribution is -0.122. The molecular weight excluding hydrogens is 308 g/mol. The van der Waals surface area contributed by atoms with Gasteiger partial charge in [0.2, 0.25) is 11.8 Å². The second-order valence-corrected chi connectivity index (χ2v) is 5.65. The van der Waals surface area contributed by atoms with Gasteiger partial charge in [-0.05, 0) is 24.1 Å². The standard InChI is InChI=1S/C18H28N2O4/c1-5-6-7-8-11-24-17-12-15(9-10-16(17)23-4)18(19-13(2)21)20-14(3)22/h9-10,12,18H,5-8,11H2,1-4H3,(H,19,21)(H,20,22). The summed E-state index contributed by atoms with van der Waals surface area (Å²) in [6.07, 6.45) is 3.86. The van der Waals surface area contributed by atoms with Gasteiger partial charge in [0.05, 0.1) is 13.7 Å². The zero-order chi connectivity index (χ0) is 17.9. The number of carbonyl (C=O) groups is 2. The highest BCUT2D eigenvalue weighted by atomic mass is 16.5. The Kier molecular flexibility index (Phi) is 8.68. The summed E-state index contributed by atoms with van der Waals surface area (Å²) in [4.78, 5) is 22.7. The van der Waals surface area contributed by atoms with Crippen LogP contribution in [0.2, 0.25) is 0 Å². The molecule has 6 heteroatoms. The van der Waals surface area contributed by atoms with E-state index in [1.807, 2.05) is 0 Å². The fourth-order valence-corrected chi connectivity index (χ4v) is 2.31. The fourth-order valence-electron chi connectivity index (χ4n) is 2.31. The van der Waals surface area contributed by atoms with Crippen molar-refractivity contribution in [2.24, 2.45) is 0 Å². The zero-order valence-corrected chi connectivity index (χ0v) is 15.0. The third-order valence-electron chi connectivity index (χ3n) is 3.47. The zero-order valence-electron chi connectivity index (χ0n) is 15.0. The molecule has 2 N–H and O–H groups in total. The number of methoxy groups -OCH3 is 1. The molecule has 0 atom stereocenters. The summed E-state index contributed by atoms with van der Waals surface area (Å²) in [6, 6.07) is 5.35. The van der Waals surface area contributed by atoms with Crippen LogP contribution in [-0.2, 0) is 9.59 Å². The van der Waals surface area contributed by atoms with E-state index in [4.69, 9.17) is 9.47 Å². The highest BCUT2D eigenvalue weighted by Gasteiger charge is 2.16. The van der Waals surface area contributed by atoms with Crippen LogP contribution in [0.5, 0.6) is 11.5 Å². The second-order valence-electron chi connectivity index (χ2n) is 5.65. The lowest BCUT2D eigenvalue weighted by Gasteiger charge is -2.20. The maximum absolute atomic E-state index is 11.4. The van der Waals surface area contributed by atoms with E-state index in [2.05, 4.69) is 17.6 Å². The van der Waals surface area contributed by atoms with Gasteiger partial charge >= 0.3 is 0 Å². The molecule has 134 valence electrons. The summed E-state index contributed by atoms with van der Waals surface area (Å²) >= 11 is 0. The number of nitrogens with one attached hydrogen (secondary N) is 2. The van der Waals surface area contributed by atoms with Crippen LogP contribution in [0, 0.1) is 0 Å². The van der Waals surface area contributed by atoms with E-state index < -0.39 is 6.17 Å². The third-order valence-corrected chi connectivity index (χ3v) is 3.47. The number of benzene rings is 1. The topological polar surface area (TPSA) is 76.7 Å². The Morgan fingerprint density at radius 1 is 1.04 bits per heavy atom. The van der Waals surface area contributed by atoms with Gasteiger partial charge in [-0.1, -0.05) is 32.3 Å². The minimum absolute atomic E-state index is 0.230. The van der Waals surface area contributed by atoms with Crippen molar-refractivity contribution in [2.75, 3.05) is 13.7 Å². The molecule has 0 spiro atoms. The van der Waals surface area contributed by atoms with Gasteiger partial charge in [-0.25, -0.2) is 0 Å². The highest BCUT2D eigenvalue weighted by Crippen LogP contribution is 2.30. The second kappa shape index (κ2) is 10.5. The van der Waals surface area contributed by atoms with Gasteiger partial charge in [0.25, 0.3) is 0 Å². The van der Waals surface area contributed by atoms with Gasteiger partial charge < -0.3 is 20.1 Å². The fraction of sp³-hybridized carbons (Fsp3) is 0.556. The molecule has 0 aliphatic rings. The molecule has 0 saturated heterocycles. The van der Waals surface area contributed by atoms with Gasteiger partial charge in [0.15, 0.2) is 11.5 Å². The van der Waals surface area contributed by atoms with Crippen LogP contribution in [-0.4, -0.2) is 25.5 Å². The molecule has 1 aromatic carbocycles. The lowest BCUT2D eigenvalue weighted by atomic mass is 10.1. The Balaban J connectivity index is 2.87. The van der Waals surface area contributed by atoms with Crippen molar-refractivity contribution in [2.45, 2.75) is 52.6 Å². The van der Waals surface area contributed by atoms with Crippen molar-refractivity contribution in [3.8, 4) is 11.5 Å². The average molecular weight is 336 g/mol. The first kappa shape index (κ1) is 19.8. The number of rotatable bonds is 10. The average Bonchev–Trinajstić information content (AvgIpc) is 2.53. The van der Waals surface area contributed by atoms with E-state index in [0.717, 1.165) is 18.4 Å². The smallest absolute Gasteiger partial charge is 0.218 e. The Hall–Kier alpha value is -2.24. The summed E-state index contributed by atoms with van der Waals surface area (Å²) in [6.45, 7) is 5.58. The molecule has 0 radical (unpaired) electrons. The predicted molar refractivity (Wildman–Crippen MR) is 93.0 cm³/mol. The summed E-state index contributed by atoms with van der Waals surface area (Å²) in [5, 5.41) is 5.42. The van der Waals surface area contributed by atoms with E-state index in [9.17, 15) is 9.59 Å². The SMILES string of the molecule is CCCCCCOc1cc(C(NC(C)=O)NC(C)=O)ccc1OC. The third kappa shape index (κ3) is 6.89. The monoisotopic (exact) mass is 336 g/mol. The molecule has 6 nitrogen and oxygen atoms in total. The number of amides is 2. The van der Waals surface area contributed by atoms with Crippen LogP contribution in [0.3, 0.4) is 0 Å². The Morgan fingerprint density at radius 3 is 2.25 bits per heavy atom. The molecular formula is C18H28N2O4. The molecule has 1 rings (SSSR count).